The summed E-state index contributed by atoms with van der Waals surface area (Å²) in [7, 11) is 0. The van der Waals surface area contributed by atoms with Gasteiger partial charge in [-0.15, -0.1) is 11.3 Å². The van der Waals surface area contributed by atoms with Crippen LogP contribution in [-0.4, -0.2) is 15.9 Å². The van der Waals surface area contributed by atoms with E-state index in [0.717, 1.165) is 15.3 Å². The third kappa shape index (κ3) is 2.89. The van der Waals surface area contributed by atoms with Crippen LogP contribution in [0.15, 0.2) is 41.9 Å². The Hall–Kier alpha value is -1.68. The minimum Gasteiger partial charge on any atom is -0.623 e. The molecule has 0 spiro atoms. The zero-order chi connectivity index (χ0) is 10.5. The van der Waals surface area contributed by atoms with Crippen LogP contribution in [0.3, 0.4) is 0 Å². The Morgan fingerprint density at radius 3 is 2.80 bits per heavy atom. The first-order valence-electron chi connectivity index (χ1n) is 4.56. The van der Waals surface area contributed by atoms with Crippen molar-refractivity contribution in [3.05, 3.63) is 57.7 Å². The summed E-state index contributed by atoms with van der Waals surface area (Å²) in [5, 5.41) is 14.1. The first-order chi connectivity index (χ1) is 7.34. The van der Waals surface area contributed by atoms with E-state index in [2.05, 4.69) is 4.98 Å². The van der Waals surface area contributed by atoms with Crippen molar-refractivity contribution in [3.8, 4) is 0 Å². The molecular formula is C11H10N2OS. The molecule has 0 unspecified atom stereocenters. The molecule has 0 radical (unpaired) electrons. The summed E-state index contributed by atoms with van der Waals surface area (Å²) in [6.07, 6.45) is 3.20. The van der Waals surface area contributed by atoms with Crippen LogP contribution in [-0.2, 0) is 6.54 Å². The van der Waals surface area contributed by atoms with Gasteiger partial charge in [-0.05, 0) is 0 Å². The molecule has 4 heteroatoms. The number of benzene rings is 1. The fourth-order valence-corrected chi connectivity index (χ4v) is 1.79. The third-order valence-electron chi connectivity index (χ3n) is 1.89. The molecule has 0 saturated carbocycles. The molecule has 0 amide bonds. The van der Waals surface area contributed by atoms with E-state index >= 15 is 0 Å². The van der Waals surface area contributed by atoms with Gasteiger partial charge < -0.3 is 5.21 Å². The second-order valence-corrected chi connectivity index (χ2v) is 3.99. The van der Waals surface area contributed by atoms with Crippen LogP contribution in [0, 0.1) is 5.21 Å². The summed E-state index contributed by atoms with van der Waals surface area (Å²) in [6.45, 7) is 0.362. The van der Waals surface area contributed by atoms with E-state index in [1.165, 1.54) is 17.6 Å². The Morgan fingerprint density at radius 2 is 2.13 bits per heavy atom. The molecule has 0 N–H and O–H groups in total. The Kier molecular flexibility index (Phi) is 3.09. The van der Waals surface area contributed by atoms with E-state index in [1.54, 1.807) is 6.20 Å². The molecule has 0 atom stereocenters. The molecule has 2 aromatic rings. The van der Waals surface area contributed by atoms with Gasteiger partial charge in [-0.25, -0.2) is 9.72 Å². The average Bonchev–Trinajstić information content (AvgIpc) is 2.71. The van der Waals surface area contributed by atoms with E-state index < -0.39 is 0 Å². The van der Waals surface area contributed by atoms with Crippen molar-refractivity contribution in [2.24, 2.45) is 0 Å². The highest BCUT2D eigenvalue weighted by atomic mass is 32.1. The molecule has 0 fully saturated rings. The topological polar surface area (TPSA) is 39.0 Å². The lowest BCUT2D eigenvalue weighted by Gasteiger charge is -2.02. The average molecular weight is 218 g/mol. The van der Waals surface area contributed by atoms with Crippen LogP contribution in [0.4, 0.5) is 0 Å². The first kappa shape index (κ1) is 9.86. The van der Waals surface area contributed by atoms with Gasteiger partial charge in [0, 0.05) is 17.1 Å². The van der Waals surface area contributed by atoms with Crippen LogP contribution < -0.4 is 0 Å². The number of hydroxylamine groups is 1. The Labute approximate surface area is 91.9 Å². The predicted octanol–water partition coefficient (Wildman–Crippen LogP) is 2.27. The molecule has 76 valence electrons. The zero-order valence-electron chi connectivity index (χ0n) is 8.04. The van der Waals surface area contributed by atoms with Crippen molar-refractivity contribution in [1.82, 2.24) is 4.98 Å². The minimum atomic E-state index is 0.362. The van der Waals surface area contributed by atoms with Crippen LogP contribution >= 0.6 is 11.3 Å². The summed E-state index contributed by atoms with van der Waals surface area (Å²) in [4.78, 5) is 4.02. The Balaban J connectivity index is 2.07. The molecule has 2 rings (SSSR count). The molecular weight excluding hydrogens is 208 g/mol. The number of nitrogens with zero attached hydrogens (tertiary/aromatic N) is 2. The molecule has 0 aliphatic rings. The van der Waals surface area contributed by atoms with E-state index in [1.807, 2.05) is 35.7 Å². The zero-order valence-corrected chi connectivity index (χ0v) is 8.85. The van der Waals surface area contributed by atoms with Crippen molar-refractivity contribution in [2.45, 2.75) is 6.54 Å². The van der Waals surface area contributed by atoms with Crippen molar-refractivity contribution in [1.29, 1.82) is 0 Å². The van der Waals surface area contributed by atoms with Gasteiger partial charge in [-0.2, -0.15) is 0 Å². The molecule has 15 heavy (non-hydrogen) atoms. The van der Waals surface area contributed by atoms with Gasteiger partial charge in [0.25, 0.3) is 0 Å². The molecule has 3 nitrogen and oxygen atoms in total. The number of hydrogen-bond acceptors (Lipinski definition) is 3. The fourth-order valence-electron chi connectivity index (χ4n) is 1.23. The van der Waals surface area contributed by atoms with Crippen LogP contribution in [0.5, 0.6) is 0 Å². The van der Waals surface area contributed by atoms with Crippen molar-refractivity contribution >= 4 is 17.6 Å². The van der Waals surface area contributed by atoms with Crippen molar-refractivity contribution in [3.63, 3.8) is 0 Å². The van der Waals surface area contributed by atoms with Gasteiger partial charge in [0.1, 0.15) is 0 Å². The quantitative estimate of drug-likeness (QED) is 0.343. The smallest absolute Gasteiger partial charge is 0.211 e. The van der Waals surface area contributed by atoms with Gasteiger partial charge in [0.15, 0.2) is 11.6 Å². The van der Waals surface area contributed by atoms with Gasteiger partial charge in [0.2, 0.25) is 6.21 Å². The molecule has 1 aromatic heterocycles. The minimum absolute atomic E-state index is 0.362. The van der Waals surface area contributed by atoms with E-state index in [9.17, 15) is 5.21 Å². The summed E-state index contributed by atoms with van der Waals surface area (Å²) < 4.78 is 0.897. The summed E-state index contributed by atoms with van der Waals surface area (Å²) >= 11 is 1.45. The lowest BCUT2D eigenvalue weighted by atomic mass is 10.2. The van der Waals surface area contributed by atoms with Crippen LogP contribution in [0.25, 0.3) is 0 Å². The number of hydrogen-bond donors (Lipinski definition) is 0. The highest BCUT2D eigenvalue weighted by Gasteiger charge is 1.99. The molecule has 0 bridgehead atoms. The highest BCUT2D eigenvalue weighted by Crippen LogP contribution is 2.02. The van der Waals surface area contributed by atoms with Gasteiger partial charge in [-0.1, -0.05) is 30.3 Å². The van der Waals surface area contributed by atoms with Gasteiger partial charge in [0.05, 0.1) is 0 Å². The number of thiazole rings is 1. The second kappa shape index (κ2) is 4.70. The Bertz CT molecular complexity index is 437. The predicted molar refractivity (Wildman–Crippen MR) is 61.1 cm³/mol. The maximum Gasteiger partial charge on any atom is 0.211 e. The summed E-state index contributed by atoms with van der Waals surface area (Å²) in [5.74, 6) is 0. The normalized spacial score (nSPS) is 11.6. The maximum atomic E-state index is 11.5. The molecule has 0 saturated heterocycles. The van der Waals surface area contributed by atoms with Crippen LogP contribution in [0.2, 0.25) is 0 Å². The lowest BCUT2D eigenvalue weighted by molar-refractivity contribution is -0.469. The standard InChI is InChI=1S/C11H10N2OS/c14-13(9-11-12-6-7-15-11)8-10-4-2-1-3-5-10/h1-7,9H,8H2/b13-9-. The van der Waals surface area contributed by atoms with E-state index in [-0.39, 0.29) is 0 Å². The highest BCUT2D eigenvalue weighted by molar-refractivity contribution is 7.11. The molecule has 0 aliphatic heterocycles. The van der Waals surface area contributed by atoms with E-state index in [4.69, 9.17) is 0 Å². The largest absolute Gasteiger partial charge is 0.623 e. The Morgan fingerprint density at radius 1 is 1.33 bits per heavy atom. The maximum absolute atomic E-state index is 11.5. The summed E-state index contributed by atoms with van der Waals surface area (Å²) in [6, 6.07) is 9.64. The van der Waals surface area contributed by atoms with Gasteiger partial charge in [-0.3, -0.25) is 0 Å². The SMILES string of the molecule is [O-]/[N+](=C\c1nccs1)Cc1ccccc1. The number of aromatic nitrogens is 1. The first-order valence-corrected chi connectivity index (χ1v) is 5.44. The lowest BCUT2D eigenvalue weighted by Crippen LogP contribution is -2.05. The molecule has 0 aliphatic carbocycles. The van der Waals surface area contributed by atoms with Crippen molar-refractivity contribution < 1.29 is 4.74 Å². The second-order valence-electron chi connectivity index (χ2n) is 3.06. The van der Waals surface area contributed by atoms with Gasteiger partial charge >= 0.3 is 0 Å². The van der Waals surface area contributed by atoms with E-state index in [0.29, 0.717) is 6.54 Å². The van der Waals surface area contributed by atoms with Crippen LogP contribution in [0.1, 0.15) is 10.6 Å². The van der Waals surface area contributed by atoms with Crippen molar-refractivity contribution in [2.75, 3.05) is 0 Å². The molecule has 1 heterocycles. The number of rotatable bonds is 3. The molecule has 1 aromatic carbocycles. The summed E-state index contributed by atoms with van der Waals surface area (Å²) in [5.41, 5.74) is 1.00. The fraction of sp³-hybridized carbons (Fsp3) is 0.0909. The monoisotopic (exact) mass is 218 g/mol. The third-order valence-corrected chi connectivity index (χ3v) is 2.60.